The molecule has 0 atom stereocenters. The summed E-state index contributed by atoms with van der Waals surface area (Å²) < 4.78 is 16.4. The Morgan fingerprint density at radius 3 is 2.96 bits per heavy atom. The molecule has 9 heteroatoms. The highest BCUT2D eigenvalue weighted by Crippen LogP contribution is 2.31. The number of hydrogen-bond donors (Lipinski definition) is 1. The number of fused-ring (bicyclic) bond motifs is 3. The quantitative estimate of drug-likeness (QED) is 0.496. The summed E-state index contributed by atoms with van der Waals surface area (Å²) in [6, 6.07) is 8.16. The van der Waals surface area contributed by atoms with Crippen LogP contribution in [0.25, 0.3) is 15.7 Å². The third-order valence-electron chi connectivity index (χ3n) is 3.79. The first kappa shape index (κ1) is 17.3. The average Bonchev–Trinajstić information content (AvgIpc) is 3.19. The Bertz CT molecular complexity index is 1140. The first-order valence-electron chi connectivity index (χ1n) is 7.62. The van der Waals surface area contributed by atoms with Crippen molar-refractivity contribution in [3.05, 3.63) is 52.4 Å². The molecule has 0 aliphatic heterocycles. The van der Waals surface area contributed by atoms with Crippen molar-refractivity contribution in [3.8, 4) is 0 Å². The van der Waals surface area contributed by atoms with Crippen LogP contribution in [0, 0.1) is 12.7 Å². The maximum atomic E-state index is 13.2. The number of carbonyl (C=O) groups excluding carboxylic acids is 1. The van der Waals surface area contributed by atoms with Crippen LogP contribution in [0.2, 0.25) is 5.02 Å². The molecular formula is C17H12ClFN4OS2. The molecule has 0 saturated carbocycles. The van der Waals surface area contributed by atoms with Gasteiger partial charge in [0.1, 0.15) is 16.7 Å². The second-order valence-electron chi connectivity index (χ2n) is 5.55. The molecule has 4 aromatic rings. The minimum Gasteiger partial charge on any atom is -0.325 e. The summed E-state index contributed by atoms with van der Waals surface area (Å²) in [5, 5.41) is 13.8. The van der Waals surface area contributed by atoms with Crippen molar-refractivity contribution in [1.29, 1.82) is 0 Å². The Labute approximate surface area is 161 Å². The lowest BCUT2D eigenvalue weighted by Crippen LogP contribution is -2.14. The van der Waals surface area contributed by atoms with Crippen molar-refractivity contribution in [1.82, 2.24) is 14.6 Å². The van der Waals surface area contributed by atoms with Gasteiger partial charge < -0.3 is 5.32 Å². The SMILES string of the molecule is Cc1nnc(SCC(=O)Nc2ccc(F)c(Cl)c2)c2cc3sccc3n12. The van der Waals surface area contributed by atoms with E-state index in [1.165, 1.54) is 30.0 Å². The van der Waals surface area contributed by atoms with E-state index in [-0.39, 0.29) is 16.7 Å². The average molecular weight is 407 g/mol. The Balaban J connectivity index is 1.53. The van der Waals surface area contributed by atoms with Crippen LogP contribution in [0.1, 0.15) is 5.82 Å². The van der Waals surface area contributed by atoms with E-state index in [4.69, 9.17) is 11.6 Å². The number of rotatable bonds is 4. The molecule has 1 aromatic carbocycles. The standard InChI is InChI=1S/C17H12ClFN4OS2/c1-9-21-22-17(14-7-15-13(23(9)14)4-5-25-15)26-8-16(24)20-10-2-3-12(19)11(18)6-10/h2-7H,8H2,1H3,(H,20,24). The van der Waals surface area contributed by atoms with Gasteiger partial charge in [0.25, 0.3) is 0 Å². The number of nitrogens with one attached hydrogen (secondary N) is 1. The van der Waals surface area contributed by atoms with Crippen molar-refractivity contribution >= 4 is 62.0 Å². The van der Waals surface area contributed by atoms with Crippen LogP contribution < -0.4 is 5.32 Å². The summed E-state index contributed by atoms with van der Waals surface area (Å²) in [6.45, 7) is 1.90. The lowest BCUT2D eigenvalue weighted by Gasteiger charge is -2.07. The van der Waals surface area contributed by atoms with Gasteiger partial charge in [0.15, 0.2) is 0 Å². The minimum absolute atomic E-state index is 0.0326. The molecule has 0 radical (unpaired) electrons. The lowest BCUT2D eigenvalue weighted by molar-refractivity contribution is -0.113. The number of aromatic nitrogens is 3. The van der Waals surface area contributed by atoms with Crippen LogP contribution >= 0.6 is 34.7 Å². The van der Waals surface area contributed by atoms with E-state index in [1.807, 2.05) is 22.8 Å². The number of hydrogen-bond acceptors (Lipinski definition) is 5. The van der Waals surface area contributed by atoms with Gasteiger partial charge in [0.05, 0.1) is 26.5 Å². The Morgan fingerprint density at radius 1 is 1.31 bits per heavy atom. The molecule has 0 fully saturated rings. The number of benzene rings is 1. The highest BCUT2D eigenvalue weighted by atomic mass is 35.5. The zero-order chi connectivity index (χ0) is 18.3. The largest absolute Gasteiger partial charge is 0.325 e. The van der Waals surface area contributed by atoms with Gasteiger partial charge in [-0.25, -0.2) is 4.39 Å². The van der Waals surface area contributed by atoms with Gasteiger partial charge in [0.2, 0.25) is 5.91 Å². The molecule has 26 heavy (non-hydrogen) atoms. The predicted octanol–water partition coefficient (Wildman–Crippen LogP) is 4.78. The fourth-order valence-corrected chi connectivity index (χ4v) is 4.37. The molecule has 0 saturated heterocycles. The lowest BCUT2D eigenvalue weighted by atomic mass is 10.3. The number of nitrogens with zero attached hydrogens (tertiary/aromatic N) is 3. The minimum atomic E-state index is -0.524. The molecule has 132 valence electrons. The van der Waals surface area contributed by atoms with E-state index in [0.29, 0.717) is 10.7 Å². The van der Waals surface area contributed by atoms with Crippen molar-refractivity contribution in [2.75, 3.05) is 11.1 Å². The van der Waals surface area contributed by atoms with Gasteiger partial charge >= 0.3 is 0 Å². The molecule has 3 heterocycles. The summed E-state index contributed by atoms with van der Waals surface area (Å²) in [5.41, 5.74) is 2.47. The molecule has 5 nitrogen and oxygen atoms in total. The molecule has 1 amide bonds. The molecule has 0 unspecified atom stereocenters. The Kier molecular flexibility index (Phi) is 4.56. The first-order valence-corrected chi connectivity index (χ1v) is 9.87. The summed E-state index contributed by atoms with van der Waals surface area (Å²) in [5.74, 6) is 0.195. The number of halogens is 2. The van der Waals surface area contributed by atoms with Gasteiger partial charge in [-0.05, 0) is 42.6 Å². The normalized spacial score (nSPS) is 11.3. The van der Waals surface area contributed by atoms with Gasteiger partial charge in [-0.2, -0.15) is 0 Å². The number of thiophene rings is 1. The molecule has 0 aliphatic rings. The van der Waals surface area contributed by atoms with Crippen molar-refractivity contribution in [2.45, 2.75) is 11.9 Å². The van der Waals surface area contributed by atoms with E-state index >= 15 is 0 Å². The molecule has 3 aromatic heterocycles. The van der Waals surface area contributed by atoms with Gasteiger partial charge in [-0.1, -0.05) is 23.4 Å². The number of amides is 1. The maximum Gasteiger partial charge on any atom is 0.234 e. The third kappa shape index (κ3) is 3.15. The molecular weight excluding hydrogens is 395 g/mol. The monoisotopic (exact) mass is 406 g/mol. The van der Waals surface area contributed by atoms with Crippen LogP contribution in [0.3, 0.4) is 0 Å². The Morgan fingerprint density at radius 2 is 2.15 bits per heavy atom. The van der Waals surface area contributed by atoms with E-state index in [9.17, 15) is 9.18 Å². The number of anilines is 1. The first-order chi connectivity index (χ1) is 12.5. The zero-order valence-electron chi connectivity index (χ0n) is 13.5. The van der Waals surface area contributed by atoms with Crippen LogP contribution in [0.4, 0.5) is 10.1 Å². The molecule has 4 rings (SSSR count). The second-order valence-corrected chi connectivity index (χ2v) is 7.87. The Hall–Kier alpha value is -2.16. The highest BCUT2D eigenvalue weighted by molar-refractivity contribution is 8.00. The number of thioether (sulfide) groups is 1. The summed E-state index contributed by atoms with van der Waals surface area (Å²) in [7, 11) is 0. The van der Waals surface area contributed by atoms with Crippen LogP contribution in [0.15, 0.2) is 40.7 Å². The van der Waals surface area contributed by atoms with E-state index in [2.05, 4.69) is 21.6 Å². The van der Waals surface area contributed by atoms with Crippen molar-refractivity contribution in [2.24, 2.45) is 0 Å². The molecule has 0 spiro atoms. The second kappa shape index (κ2) is 6.86. The summed E-state index contributed by atoms with van der Waals surface area (Å²) >= 11 is 8.68. The fourth-order valence-electron chi connectivity index (χ4n) is 2.65. The van der Waals surface area contributed by atoms with Crippen LogP contribution in [0.5, 0.6) is 0 Å². The predicted molar refractivity (Wildman–Crippen MR) is 104 cm³/mol. The molecule has 0 aliphatic carbocycles. The maximum absolute atomic E-state index is 13.2. The van der Waals surface area contributed by atoms with Gasteiger partial charge in [0, 0.05) is 5.69 Å². The number of aryl methyl sites for hydroxylation is 1. The molecule has 0 bridgehead atoms. The van der Waals surface area contributed by atoms with Gasteiger partial charge in [-0.15, -0.1) is 21.5 Å². The topological polar surface area (TPSA) is 59.3 Å². The van der Waals surface area contributed by atoms with E-state index in [0.717, 1.165) is 21.6 Å². The van der Waals surface area contributed by atoms with Crippen LogP contribution in [-0.4, -0.2) is 26.3 Å². The van der Waals surface area contributed by atoms with E-state index < -0.39 is 5.82 Å². The number of carbonyl (C=O) groups is 1. The summed E-state index contributed by atoms with van der Waals surface area (Å²) in [4.78, 5) is 12.2. The van der Waals surface area contributed by atoms with Crippen LogP contribution in [-0.2, 0) is 4.79 Å². The van der Waals surface area contributed by atoms with Crippen molar-refractivity contribution < 1.29 is 9.18 Å². The highest BCUT2D eigenvalue weighted by Gasteiger charge is 2.14. The summed E-state index contributed by atoms with van der Waals surface area (Å²) in [6.07, 6.45) is 0. The smallest absolute Gasteiger partial charge is 0.234 e. The third-order valence-corrected chi connectivity index (χ3v) is 5.91. The van der Waals surface area contributed by atoms with E-state index in [1.54, 1.807) is 11.3 Å². The van der Waals surface area contributed by atoms with Gasteiger partial charge in [-0.3, -0.25) is 9.20 Å². The van der Waals surface area contributed by atoms with Crippen molar-refractivity contribution in [3.63, 3.8) is 0 Å². The molecule has 1 N–H and O–H groups in total. The zero-order valence-corrected chi connectivity index (χ0v) is 15.9. The fraction of sp³-hybridized carbons (Fsp3) is 0.118.